The Morgan fingerprint density at radius 3 is 2.69 bits per heavy atom. The highest BCUT2D eigenvalue weighted by Gasteiger charge is 2.40. The quantitative estimate of drug-likeness (QED) is 0.636. The Balaban J connectivity index is 2.19. The van der Waals surface area contributed by atoms with Crippen molar-refractivity contribution >= 4 is 5.91 Å². The Morgan fingerprint density at radius 2 is 2.19 bits per heavy atom. The van der Waals surface area contributed by atoms with Crippen molar-refractivity contribution in [3.63, 3.8) is 0 Å². The van der Waals surface area contributed by atoms with Gasteiger partial charge in [0.1, 0.15) is 0 Å². The fourth-order valence-corrected chi connectivity index (χ4v) is 1.89. The predicted molar refractivity (Wildman–Crippen MR) is 60.8 cm³/mol. The van der Waals surface area contributed by atoms with Gasteiger partial charge in [-0.15, -0.1) is 0 Å². The fraction of sp³-hybridized carbons (Fsp3) is 0.909. The average molecular weight is 230 g/mol. The molecule has 16 heavy (non-hydrogen) atoms. The van der Waals surface area contributed by atoms with E-state index in [9.17, 15) is 4.79 Å². The van der Waals surface area contributed by atoms with E-state index in [4.69, 9.17) is 20.9 Å². The van der Waals surface area contributed by atoms with E-state index in [1.54, 1.807) is 0 Å². The fourth-order valence-electron chi connectivity index (χ4n) is 1.89. The van der Waals surface area contributed by atoms with Crippen LogP contribution in [0.3, 0.4) is 0 Å². The van der Waals surface area contributed by atoms with Crippen LogP contribution >= 0.6 is 0 Å². The van der Waals surface area contributed by atoms with Crippen molar-refractivity contribution in [3.8, 4) is 0 Å². The third-order valence-corrected chi connectivity index (χ3v) is 2.88. The average Bonchev–Trinajstić information content (AvgIpc) is 2.56. The first-order valence-electron chi connectivity index (χ1n) is 5.76. The topological polar surface area (TPSA) is 87.6 Å². The van der Waals surface area contributed by atoms with Crippen LogP contribution in [0.2, 0.25) is 0 Å². The third kappa shape index (κ3) is 3.73. The minimum absolute atomic E-state index is 0.0354. The molecule has 0 aromatic heterocycles. The molecule has 1 saturated carbocycles. The van der Waals surface area contributed by atoms with Crippen LogP contribution in [0, 0.1) is 0 Å². The number of nitrogens with two attached hydrogens (primary N) is 2. The van der Waals surface area contributed by atoms with E-state index in [2.05, 4.69) is 0 Å². The van der Waals surface area contributed by atoms with E-state index in [-0.39, 0.29) is 12.2 Å². The Kier molecular flexibility index (Phi) is 4.70. The van der Waals surface area contributed by atoms with Crippen LogP contribution < -0.4 is 11.5 Å². The van der Waals surface area contributed by atoms with Crippen molar-refractivity contribution in [3.05, 3.63) is 0 Å². The zero-order chi connectivity index (χ0) is 12.2. The molecule has 1 aliphatic carbocycles. The summed E-state index contributed by atoms with van der Waals surface area (Å²) in [6, 6.07) is 0. The van der Waals surface area contributed by atoms with Gasteiger partial charge in [-0.25, -0.2) is 0 Å². The summed E-state index contributed by atoms with van der Waals surface area (Å²) < 4.78 is 10.9. The molecule has 4 N–H and O–H groups in total. The largest absolute Gasteiger partial charge is 0.376 e. The third-order valence-electron chi connectivity index (χ3n) is 2.88. The van der Waals surface area contributed by atoms with Crippen molar-refractivity contribution in [1.29, 1.82) is 0 Å². The highest BCUT2D eigenvalue weighted by molar-refractivity contribution is 5.84. The van der Waals surface area contributed by atoms with E-state index < -0.39 is 11.4 Å². The number of hydrogen-bond donors (Lipinski definition) is 2. The van der Waals surface area contributed by atoms with Crippen LogP contribution in [0.25, 0.3) is 0 Å². The maximum atomic E-state index is 11.1. The molecule has 0 aromatic rings. The molecule has 0 radical (unpaired) electrons. The first kappa shape index (κ1) is 13.4. The van der Waals surface area contributed by atoms with Crippen LogP contribution in [0.5, 0.6) is 0 Å². The predicted octanol–water partition coefficient (Wildman–Crippen LogP) is 0.163. The summed E-state index contributed by atoms with van der Waals surface area (Å²) in [7, 11) is 0. The molecule has 94 valence electrons. The standard InChI is InChI=1S/C11H22N2O3/c1-8(2)15-5-6-16-9-3-4-11(13,7-9)10(12)14/h8-9H,3-7,13H2,1-2H3,(H2,12,14). The van der Waals surface area contributed by atoms with E-state index in [1.165, 1.54) is 0 Å². The number of carbonyl (C=O) groups is 1. The molecule has 0 spiro atoms. The summed E-state index contributed by atoms with van der Waals surface area (Å²) in [6.45, 7) is 5.07. The summed E-state index contributed by atoms with van der Waals surface area (Å²) >= 11 is 0. The van der Waals surface area contributed by atoms with Crippen LogP contribution in [-0.4, -0.2) is 36.9 Å². The zero-order valence-corrected chi connectivity index (χ0v) is 10.1. The second-order valence-corrected chi connectivity index (χ2v) is 4.68. The van der Waals surface area contributed by atoms with Crippen LogP contribution in [0.4, 0.5) is 0 Å². The minimum Gasteiger partial charge on any atom is -0.376 e. The summed E-state index contributed by atoms with van der Waals surface area (Å²) in [5.74, 6) is -0.433. The van der Waals surface area contributed by atoms with E-state index >= 15 is 0 Å². The molecular weight excluding hydrogens is 208 g/mol. The summed E-state index contributed by atoms with van der Waals surface area (Å²) in [5, 5.41) is 0. The van der Waals surface area contributed by atoms with Crippen molar-refractivity contribution < 1.29 is 14.3 Å². The Hall–Kier alpha value is -0.650. The molecule has 5 nitrogen and oxygen atoms in total. The number of rotatable bonds is 6. The van der Waals surface area contributed by atoms with Gasteiger partial charge < -0.3 is 20.9 Å². The summed E-state index contributed by atoms with van der Waals surface area (Å²) in [4.78, 5) is 11.1. The molecule has 0 aromatic carbocycles. The molecule has 5 heteroatoms. The normalized spacial score (nSPS) is 29.9. The first-order valence-corrected chi connectivity index (χ1v) is 5.76. The molecule has 0 bridgehead atoms. The van der Waals surface area contributed by atoms with Crippen molar-refractivity contribution in [2.45, 2.75) is 50.9 Å². The number of hydrogen-bond acceptors (Lipinski definition) is 4. The monoisotopic (exact) mass is 230 g/mol. The highest BCUT2D eigenvalue weighted by atomic mass is 16.5. The molecular formula is C11H22N2O3. The summed E-state index contributed by atoms with van der Waals surface area (Å²) in [6.07, 6.45) is 2.17. The molecule has 2 unspecified atom stereocenters. The molecule has 1 rings (SSSR count). The zero-order valence-electron chi connectivity index (χ0n) is 10.1. The van der Waals surface area contributed by atoms with Gasteiger partial charge in [0.05, 0.1) is 31.0 Å². The molecule has 0 saturated heterocycles. The lowest BCUT2D eigenvalue weighted by Gasteiger charge is -2.19. The van der Waals surface area contributed by atoms with Gasteiger partial charge >= 0.3 is 0 Å². The highest BCUT2D eigenvalue weighted by Crippen LogP contribution is 2.29. The Morgan fingerprint density at radius 1 is 1.50 bits per heavy atom. The van der Waals surface area contributed by atoms with Gasteiger partial charge in [0, 0.05) is 6.42 Å². The molecule has 0 heterocycles. The van der Waals surface area contributed by atoms with Gasteiger partial charge in [0.25, 0.3) is 0 Å². The molecule has 1 fully saturated rings. The van der Waals surface area contributed by atoms with Crippen molar-refractivity contribution in [1.82, 2.24) is 0 Å². The Labute approximate surface area is 96.5 Å². The van der Waals surface area contributed by atoms with Crippen LogP contribution in [0.15, 0.2) is 0 Å². The second-order valence-electron chi connectivity index (χ2n) is 4.68. The van der Waals surface area contributed by atoms with Gasteiger partial charge in [-0.2, -0.15) is 0 Å². The minimum atomic E-state index is -0.871. The number of amides is 1. The molecule has 1 amide bonds. The lowest BCUT2D eigenvalue weighted by Crippen LogP contribution is -2.50. The lowest BCUT2D eigenvalue weighted by atomic mass is 9.99. The number of carbonyl (C=O) groups excluding carboxylic acids is 1. The molecule has 0 aliphatic heterocycles. The smallest absolute Gasteiger partial charge is 0.237 e. The van der Waals surface area contributed by atoms with Gasteiger partial charge in [-0.1, -0.05) is 0 Å². The van der Waals surface area contributed by atoms with Gasteiger partial charge in [-0.3, -0.25) is 4.79 Å². The maximum absolute atomic E-state index is 11.1. The van der Waals surface area contributed by atoms with E-state index in [0.29, 0.717) is 26.1 Å². The Bertz CT molecular complexity index is 245. The van der Waals surface area contributed by atoms with Crippen molar-refractivity contribution in [2.24, 2.45) is 11.5 Å². The van der Waals surface area contributed by atoms with E-state index in [1.807, 2.05) is 13.8 Å². The van der Waals surface area contributed by atoms with Gasteiger partial charge in [0.15, 0.2) is 0 Å². The van der Waals surface area contributed by atoms with Gasteiger partial charge in [-0.05, 0) is 26.7 Å². The van der Waals surface area contributed by atoms with Crippen LogP contribution in [-0.2, 0) is 14.3 Å². The van der Waals surface area contributed by atoms with Crippen LogP contribution in [0.1, 0.15) is 33.1 Å². The van der Waals surface area contributed by atoms with Crippen molar-refractivity contribution in [2.75, 3.05) is 13.2 Å². The van der Waals surface area contributed by atoms with E-state index in [0.717, 1.165) is 6.42 Å². The SMILES string of the molecule is CC(C)OCCOC1CCC(N)(C(N)=O)C1. The number of ether oxygens (including phenoxy) is 2. The maximum Gasteiger partial charge on any atom is 0.237 e. The first-order chi connectivity index (χ1) is 7.44. The summed E-state index contributed by atoms with van der Waals surface area (Å²) in [5.41, 5.74) is 10.2. The second kappa shape index (κ2) is 5.61. The molecule has 1 aliphatic rings. The number of primary amides is 1. The van der Waals surface area contributed by atoms with Gasteiger partial charge in [0.2, 0.25) is 5.91 Å². The molecule has 2 atom stereocenters. The lowest BCUT2D eigenvalue weighted by molar-refractivity contribution is -0.123.